The van der Waals surface area contributed by atoms with Gasteiger partial charge in [-0.1, -0.05) is 24.3 Å². The lowest BCUT2D eigenvalue weighted by Gasteiger charge is -2.27. The van der Waals surface area contributed by atoms with Crippen LogP contribution in [0.4, 0.5) is 0 Å². The fourth-order valence-electron chi connectivity index (χ4n) is 5.37. The standard InChI is InChI=1S/C27H28N4O5S/c1-28-13-23(22-6-2-4-18-5-3-9-29-26(18)22)27(32)30-14-19-16-31(17-20(19)15-30)37(33,34)21-7-8-24-25(12-21)36-11-10-35-24/h2-9,12,23,28H,10-11,13-17H2,1H3/t23-/m0/s1. The van der Waals surface area contributed by atoms with Gasteiger partial charge in [0, 0.05) is 50.4 Å². The first kappa shape index (κ1) is 23.9. The molecule has 1 amide bonds. The van der Waals surface area contributed by atoms with Crippen LogP contribution in [0.5, 0.6) is 11.5 Å². The maximum absolute atomic E-state index is 13.7. The lowest BCUT2D eigenvalue weighted by molar-refractivity contribution is -0.131. The molecule has 4 heterocycles. The first-order valence-corrected chi connectivity index (χ1v) is 13.8. The molecule has 1 N–H and O–H groups in total. The number of pyridine rings is 1. The predicted molar refractivity (Wildman–Crippen MR) is 138 cm³/mol. The van der Waals surface area contributed by atoms with Crippen LogP contribution in [0, 0.1) is 0 Å². The molecule has 0 bridgehead atoms. The van der Waals surface area contributed by atoms with E-state index in [2.05, 4.69) is 10.3 Å². The third-order valence-electron chi connectivity index (χ3n) is 7.21. The number of benzene rings is 2. The number of ether oxygens (including phenoxy) is 2. The molecule has 3 aliphatic rings. The molecule has 0 spiro atoms. The lowest BCUT2D eigenvalue weighted by Crippen LogP contribution is -2.40. The zero-order chi connectivity index (χ0) is 25.6. The molecule has 9 nitrogen and oxygen atoms in total. The molecule has 0 fully saturated rings. The minimum absolute atomic E-state index is 0.0168. The monoisotopic (exact) mass is 520 g/mol. The van der Waals surface area contributed by atoms with Crippen molar-refractivity contribution in [2.24, 2.45) is 0 Å². The Hall–Kier alpha value is -3.47. The van der Waals surface area contributed by atoms with Gasteiger partial charge in [-0.2, -0.15) is 4.31 Å². The Kier molecular flexibility index (Phi) is 6.10. The minimum Gasteiger partial charge on any atom is -0.486 e. The highest BCUT2D eigenvalue weighted by Crippen LogP contribution is 2.36. The summed E-state index contributed by atoms with van der Waals surface area (Å²) in [6.45, 7) is 2.75. The summed E-state index contributed by atoms with van der Waals surface area (Å²) >= 11 is 0. The van der Waals surface area contributed by atoms with Crippen molar-refractivity contribution < 1.29 is 22.7 Å². The fourth-order valence-corrected chi connectivity index (χ4v) is 6.81. The molecule has 3 aliphatic heterocycles. The number of nitrogens with one attached hydrogen (secondary N) is 1. The van der Waals surface area contributed by atoms with Crippen molar-refractivity contribution in [3.63, 3.8) is 0 Å². The highest BCUT2D eigenvalue weighted by molar-refractivity contribution is 7.89. The SMILES string of the molecule is CNC[C@H](C(=O)N1CC2=C(C1)CN(S(=O)(=O)c1ccc3c(c1)OCCO3)C2)c1cccc2cccnc12. The van der Waals surface area contributed by atoms with Crippen LogP contribution in [0.1, 0.15) is 11.5 Å². The molecule has 1 atom stereocenters. The van der Waals surface area contributed by atoms with Gasteiger partial charge in [-0.05, 0) is 42.0 Å². The van der Waals surface area contributed by atoms with Crippen molar-refractivity contribution in [2.45, 2.75) is 10.8 Å². The highest BCUT2D eigenvalue weighted by atomic mass is 32.2. The molecular weight excluding hydrogens is 492 g/mol. The van der Waals surface area contributed by atoms with Crippen molar-refractivity contribution in [2.75, 3.05) is 53.0 Å². The van der Waals surface area contributed by atoms with Gasteiger partial charge in [0.15, 0.2) is 11.5 Å². The van der Waals surface area contributed by atoms with Crippen molar-refractivity contribution >= 4 is 26.8 Å². The summed E-state index contributed by atoms with van der Waals surface area (Å²) in [5.41, 5.74) is 3.71. The number of likely N-dealkylation sites (N-methyl/N-ethyl adjacent to an activating group) is 1. The summed E-state index contributed by atoms with van der Waals surface area (Å²) in [5, 5.41) is 4.15. The quantitative estimate of drug-likeness (QED) is 0.497. The molecule has 192 valence electrons. The maximum atomic E-state index is 13.7. The van der Waals surface area contributed by atoms with Crippen LogP contribution in [-0.2, 0) is 14.8 Å². The van der Waals surface area contributed by atoms with Crippen LogP contribution in [0.15, 0.2) is 70.8 Å². The number of aromatic nitrogens is 1. The van der Waals surface area contributed by atoms with Gasteiger partial charge < -0.3 is 19.7 Å². The second-order valence-corrected chi connectivity index (χ2v) is 11.5. The van der Waals surface area contributed by atoms with Crippen molar-refractivity contribution in [1.29, 1.82) is 0 Å². The Morgan fingerprint density at radius 1 is 1.00 bits per heavy atom. The Bertz CT molecular complexity index is 1500. The number of rotatable bonds is 6. The van der Waals surface area contributed by atoms with E-state index in [1.165, 1.54) is 10.4 Å². The van der Waals surface area contributed by atoms with E-state index in [4.69, 9.17) is 9.47 Å². The molecule has 0 aliphatic carbocycles. The summed E-state index contributed by atoms with van der Waals surface area (Å²) in [4.78, 5) is 20.3. The predicted octanol–water partition coefficient (Wildman–Crippen LogP) is 2.15. The van der Waals surface area contributed by atoms with E-state index in [1.54, 1.807) is 18.3 Å². The van der Waals surface area contributed by atoms with Gasteiger partial charge in [-0.3, -0.25) is 9.78 Å². The van der Waals surface area contributed by atoms with Crippen LogP contribution < -0.4 is 14.8 Å². The van der Waals surface area contributed by atoms with Crippen LogP contribution in [0.3, 0.4) is 0 Å². The van der Waals surface area contributed by atoms with E-state index in [9.17, 15) is 13.2 Å². The number of para-hydroxylation sites is 1. The van der Waals surface area contributed by atoms with E-state index in [0.29, 0.717) is 44.3 Å². The van der Waals surface area contributed by atoms with Crippen LogP contribution in [0.25, 0.3) is 10.9 Å². The zero-order valence-electron chi connectivity index (χ0n) is 20.5. The number of carbonyl (C=O) groups excluding carboxylic acids is 1. The summed E-state index contributed by atoms with van der Waals surface area (Å²) in [5.74, 6) is 0.630. The smallest absolute Gasteiger partial charge is 0.243 e. The van der Waals surface area contributed by atoms with Gasteiger partial charge in [0.1, 0.15) is 13.2 Å². The zero-order valence-corrected chi connectivity index (χ0v) is 21.3. The minimum atomic E-state index is -3.71. The number of sulfonamides is 1. The first-order chi connectivity index (χ1) is 18.0. The molecule has 0 unspecified atom stereocenters. The summed E-state index contributed by atoms with van der Waals surface area (Å²) in [6, 6.07) is 14.5. The Morgan fingerprint density at radius 2 is 1.73 bits per heavy atom. The van der Waals surface area contributed by atoms with Crippen molar-refractivity contribution in [3.8, 4) is 11.5 Å². The molecule has 3 aromatic rings. The number of nitrogens with zero attached hydrogens (tertiary/aromatic N) is 3. The molecule has 0 radical (unpaired) electrons. The molecule has 37 heavy (non-hydrogen) atoms. The van der Waals surface area contributed by atoms with Gasteiger partial charge in [0.05, 0.1) is 16.3 Å². The first-order valence-electron chi connectivity index (χ1n) is 12.3. The van der Waals surface area contributed by atoms with Crippen molar-refractivity contribution in [1.82, 2.24) is 19.5 Å². The Morgan fingerprint density at radius 3 is 2.49 bits per heavy atom. The molecule has 0 saturated heterocycles. The number of amides is 1. The van der Waals surface area contributed by atoms with E-state index in [1.807, 2.05) is 42.3 Å². The largest absolute Gasteiger partial charge is 0.486 e. The van der Waals surface area contributed by atoms with E-state index >= 15 is 0 Å². The number of fused-ring (bicyclic) bond motifs is 2. The van der Waals surface area contributed by atoms with Gasteiger partial charge in [-0.15, -0.1) is 0 Å². The summed E-state index contributed by atoms with van der Waals surface area (Å²) in [6.07, 6.45) is 1.75. The van der Waals surface area contributed by atoms with Crippen molar-refractivity contribution in [3.05, 3.63) is 71.4 Å². The molecule has 0 saturated carbocycles. The normalized spacial score (nSPS) is 18.4. The topological polar surface area (TPSA) is 101 Å². The van der Waals surface area contributed by atoms with E-state index < -0.39 is 10.0 Å². The Balaban J connectivity index is 1.18. The molecule has 6 rings (SSSR count). The Labute approximate surface area is 215 Å². The van der Waals surface area contributed by atoms with Gasteiger partial charge in [0.2, 0.25) is 15.9 Å². The van der Waals surface area contributed by atoms with Crippen LogP contribution in [-0.4, -0.2) is 81.5 Å². The summed E-state index contributed by atoms with van der Waals surface area (Å²) < 4.78 is 39.3. The third-order valence-corrected chi connectivity index (χ3v) is 8.99. The number of hydrogen-bond donors (Lipinski definition) is 1. The average Bonchev–Trinajstić information content (AvgIpc) is 3.51. The van der Waals surface area contributed by atoms with E-state index in [0.717, 1.165) is 27.6 Å². The second-order valence-electron chi connectivity index (χ2n) is 9.51. The second kappa shape index (κ2) is 9.44. The molecular formula is C27H28N4O5S. The summed E-state index contributed by atoms with van der Waals surface area (Å²) in [7, 11) is -1.87. The van der Waals surface area contributed by atoms with Gasteiger partial charge in [-0.25, -0.2) is 8.42 Å². The highest BCUT2D eigenvalue weighted by Gasteiger charge is 2.39. The number of hydrogen-bond acceptors (Lipinski definition) is 7. The van der Waals surface area contributed by atoms with Crippen LogP contribution >= 0.6 is 0 Å². The molecule has 1 aromatic heterocycles. The third kappa shape index (κ3) is 4.24. The van der Waals surface area contributed by atoms with Gasteiger partial charge >= 0.3 is 0 Å². The van der Waals surface area contributed by atoms with E-state index in [-0.39, 0.29) is 29.8 Å². The lowest BCUT2D eigenvalue weighted by atomic mass is 9.94. The van der Waals surface area contributed by atoms with Crippen LogP contribution in [0.2, 0.25) is 0 Å². The molecule has 10 heteroatoms. The average molecular weight is 521 g/mol. The number of carbonyl (C=O) groups is 1. The van der Waals surface area contributed by atoms with Gasteiger partial charge in [0.25, 0.3) is 0 Å². The fraction of sp³-hybridized carbons (Fsp3) is 0.333. The maximum Gasteiger partial charge on any atom is 0.243 e. The molecule has 2 aromatic carbocycles.